The molecule has 0 bridgehead atoms. The summed E-state index contributed by atoms with van der Waals surface area (Å²) in [6.45, 7) is 1.88. The summed E-state index contributed by atoms with van der Waals surface area (Å²) >= 11 is 5.89. The van der Waals surface area contributed by atoms with E-state index in [2.05, 4.69) is 29.2 Å². The van der Waals surface area contributed by atoms with Gasteiger partial charge in [-0.25, -0.2) is 0 Å². The lowest BCUT2D eigenvalue weighted by Crippen LogP contribution is -2.39. The Labute approximate surface area is 171 Å². The van der Waals surface area contributed by atoms with Crippen LogP contribution in [0.15, 0.2) is 48.5 Å². The molecule has 5 nitrogen and oxygen atoms in total. The second-order valence-corrected chi connectivity index (χ2v) is 7.65. The molecule has 0 N–H and O–H groups in total. The van der Waals surface area contributed by atoms with Crippen molar-refractivity contribution in [3.05, 3.63) is 59.1 Å². The van der Waals surface area contributed by atoms with E-state index in [0.717, 1.165) is 30.7 Å². The fourth-order valence-electron chi connectivity index (χ4n) is 3.18. The lowest BCUT2D eigenvalue weighted by molar-refractivity contribution is -0.135. The second-order valence-electron chi connectivity index (χ2n) is 7.21. The Bertz CT molecular complexity index is 756. The van der Waals surface area contributed by atoms with Crippen LogP contribution in [0, 0.1) is 0 Å². The molecule has 1 amide bonds. The predicted molar refractivity (Wildman–Crippen MR) is 112 cm³/mol. The SMILES string of the molecule is CN(C)c1ccc(CN(C[C@H]2CCCO2)C(=O)COc2ccc(Cl)cc2)cc1. The molecule has 1 aliphatic heterocycles. The topological polar surface area (TPSA) is 42.0 Å². The molecule has 0 saturated carbocycles. The summed E-state index contributed by atoms with van der Waals surface area (Å²) in [6.07, 6.45) is 2.13. The Hall–Kier alpha value is -2.24. The lowest BCUT2D eigenvalue weighted by atomic mass is 10.1. The molecular formula is C22H27ClN2O3. The summed E-state index contributed by atoms with van der Waals surface area (Å²) in [5, 5.41) is 0.639. The quantitative estimate of drug-likeness (QED) is 0.669. The summed E-state index contributed by atoms with van der Waals surface area (Å²) in [5.41, 5.74) is 2.22. The van der Waals surface area contributed by atoms with Gasteiger partial charge in [-0.2, -0.15) is 0 Å². The Morgan fingerprint density at radius 1 is 1.14 bits per heavy atom. The largest absolute Gasteiger partial charge is 0.484 e. The molecule has 3 rings (SSSR count). The summed E-state index contributed by atoms with van der Waals surface area (Å²) in [6, 6.07) is 15.3. The maximum Gasteiger partial charge on any atom is 0.260 e. The third kappa shape index (κ3) is 5.88. The normalized spacial score (nSPS) is 16.0. The minimum atomic E-state index is -0.0536. The average molecular weight is 403 g/mol. The Balaban J connectivity index is 1.64. The monoisotopic (exact) mass is 402 g/mol. The van der Waals surface area contributed by atoms with E-state index in [0.29, 0.717) is 23.9 Å². The third-order valence-electron chi connectivity index (χ3n) is 4.80. The number of amides is 1. The van der Waals surface area contributed by atoms with Crippen LogP contribution < -0.4 is 9.64 Å². The molecule has 1 fully saturated rings. The molecular weight excluding hydrogens is 376 g/mol. The van der Waals surface area contributed by atoms with Gasteiger partial charge < -0.3 is 19.3 Å². The first kappa shape index (κ1) is 20.5. The van der Waals surface area contributed by atoms with Crippen LogP contribution >= 0.6 is 11.6 Å². The number of halogens is 1. The van der Waals surface area contributed by atoms with Crippen LogP contribution in [0.4, 0.5) is 5.69 Å². The van der Waals surface area contributed by atoms with Crippen LogP contribution in [-0.4, -0.2) is 50.8 Å². The van der Waals surface area contributed by atoms with Gasteiger partial charge in [0.25, 0.3) is 5.91 Å². The summed E-state index contributed by atoms with van der Waals surface area (Å²) in [7, 11) is 4.02. The van der Waals surface area contributed by atoms with Crippen LogP contribution in [0.2, 0.25) is 5.02 Å². The third-order valence-corrected chi connectivity index (χ3v) is 5.05. The molecule has 1 heterocycles. The summed E-state index contributed by atoms with van der Waals surface area (Å²) in [5.74, 6) is 0.576. The number of hydrogen-bond acceptors (Lipinski definition) is 4. The maximum atomic E-state index is 12.9. The van der Waals surface area contributed by atoms with Gasteiger partial charge in [0.15, 0.2) is 6.61 Å². The average Bonchev–Trinajstić information content (AvgIpc) is 3.20. The first-order chi connectivity index (χ1) is 13.5. The van der Waals surface area contributed by atoms with Crippen LogP contribution in [0.5, 0.6) is 5.75 Å². The van der Waals surface area contributed by atoms with Gasteiger partial charge in [0.05, 0.1) is 6.10 Å². The van der Waals surface area contributed by atoms with Gasteiger partial charge >= 0.3 is 0 Å². The van der Waals surface area contributed by atoms with Gasteiger partial charge in [-0.15, -0.1) is 0 Å². The van der Waals surface area contributed by atoms with Crippen LogP contribution in [-0.2, 0) is 16.1 Å². The van der Waals surface area contributed by atoms with Crippen molar-refractivity contribution in [1.29, 1.82) is 0 Å². The fourth-order valence-corrected chi connectivity index (χ4v) is 3.30. The number of anilines is 1. The summed E-state index contributed by atoms with van der Waals surface area (Å²) < 4.78 is 11.4. The van der Waals surface area contributed by atoms with E-state index < -0.39 is 0 Å². The number of hydrogen-bond donors (Lipinski definition) is 0. The highest BCUT2D eigenvalue weighted by Gasteiger charge is 2.23. The molecule has 6 heteroatoms. The first-order valence-corrected chi connectivity index (χ1v) is 9.93. The Kier molecular flexibility index (Phi) is 7.18. The molecule has 150 valence electrons. The Morgan fingerprint density at radius 2 is 1.86 bits per heavy atom. The van der Waals surface area contributed by atoms with Crippen molar-refractivity contribution in [3.63, 3.8) is 0 Å². The first-order valence-electron chi connectivity index (χ1n) is 9.55. The van der Waals surface area contributed by atoms with Crippen molar-refractivity contribution >= 4 is 23.2 Å². The van der Waals surface area contributed by atoms with E-state index >= 15 is 0 Å². The number of ether oxygens (including phenoxy) is 2. The minimum Gasteiger partial charge on any atom is -0.484 e. The number of rotatable bonds is 8. The van der Waals surface area contributed by atoms with Gasteiger partial charge in [-0.1, -0.05) is 23.7 Å². The molecule has 28 heavy (non-hydrogen) atoms. The van der Waals surface area contributed by atoms with Crippen molar-refractivity contribution in [2.75, 3.05) is 38.8 Å². The molecule has 0 unspecified atom stereocenters. The zero-order chi connectivity index (χ0) is 19.9. The highest BCUT2D eigenvalue weighted by atomic mass is 35.5. The van der Waals surface area contributed by atoms with Crippen LogP contribution in [0.1, 0.15) is 18.4 Å². The molecule has 2 aromatic carbocycles. The highest BCUT2D eigenvalue weighted by Crippen LogP contribution is 2.19. The van der Waals surface area contributed by atoms with Crippen molar-refractivity contribution in [2.24, 2.45) is 0 Å². The standard InChI is InChI=1S/C22H27ClN2O3/c1-24(2)19-9-5-17(6-10-19)14-25(15-21-4-3-13-27-21)22(26)16-28-20-11-7-18(23)8-12-20/h5-12,21H,3-4,13-16H2,1-2H3/t21-/m1/s1. The molecule has 0 radical (unpaired) electrons. The second kappa shape index (κ2) is 9.80. The zero-order valence-corrected chi connectivity index (χ0v) is 17.2. The van der Waals surface area contributed by atoms with E-state index in [1.807, 2.05) is 19.0 Å². The highest BCUT2D eigenvalue weighted by molar-refractivity contribution is 6.30. The Morgan fingerprint density at radius 3 is 2.46 bits per heavy atom. The molecule has 1 saturated heterocycles. The van der Waals surface area contributed by atoms with Crippen molar-refractivity contribution < 1.29 is 14.3 Å². The number of carbonyl (C=O) groups is 1. The van der Waals surface area contributed by atoms with E-state index in [4.69, 9.17) is 21.1 Å². The predicted octanol–water partition coefficient (Wildman–Crippen LogP) is 3.99. The van der Waals surface area contributed by atoms with Crippen LogP contribution in [0.3, 0.4) is 0 Å². The minimum absolute atomic E-state index is 0.00979. The zero-order valence-electron chi connectivity index (χ0n) is 16.4. The molecule has 1 atom stereocenters. The lowest BCUT2D eigenvalue weighted by Gasteiger charge is -2.26. The van der Waals surface area contributed by atoms with E-state index in [1.165, 1.54) is 0 Å². The smallest absolute Gasteiger partial charge is 0.260 e. The van der Waals surface area contributed by atoms with E-state index in [1.54, 1.807) is 24.3 Å². The van der Waals surface area contributed by atoms with Gasteiger partial charge in [0, 0.05) is 44.5 Å². The van der Waals surface area contributed by atoms with Gasteiger partial charge in [0.2, 0.25) is 0 Å². The van der Waals surface area contributed by atoms with Crippen molar-refractivity contribution in [2.45, 2.75) is 25.5 Å². The molecule has 0 spiro atoms. The molecule has 0 aromatic heterocycles. The van der Waals surface area contributed by atoms with Gasteiger partial charge in [-0.3, -0.25) is 4.79 Å². The number of benzene rings is 2. The van der Waals surface area contributed by atoms with E-state index in [9.17, 15) is 4.79 Å². The van der Waals surface area contributed by atoms with Gasteiger partial charge in [0.1, 0.15) is 5.75 Å². The summed E-state index contributed by atoms with van der Waals surface area (Å²) in [4.78, 5) is 16.7. The van der Waals surface area contributed by atoms with Crippen molar-refractivity contribution in [1.82, 2.24) is 4.90 Å². The van der Waals surface area contributed by atoms with Gasteiger partial charge in [-0.05, 0) is 54.8 Å². The van der Waals surface area contributed by atoms with Crippen molar-refractivity contribution in [3.8, 4) is 5.75 Å². The molecule has 0 aliphatic carbocycles. The van der Waals surface area contributed by atoms with E-state index in [-0.39, 0.29) is 18.6 Å². The molecule has 2 aromatic rings. The van der Waals surface area contributed by atoms with Crippen LogP contribution in [0.25, 0.3) is 0 Å². The number of nitrogens with zero attached hydrogens (tertiary/aromatic N) is 2. The number of carbonyl (C=O) groups excluding carboxylic acids is 1. The fraction of sp³-hybridized carbons (Fsp3) is 0.409. The molecule has 1 aliphatic rings. The maximum absolute atomic E-state index is 12.9.